The molecule has 1 N–H and O–H groups in total. The Hall–Kier alpha value is -1.30. The van der Waals surface area contributed by atoms with Gasteiger partial charge in [0.05, 0.1) is 30.4 Å². The molecule has 0 aliphatic carbocycles. The summed E-state index contributed by atoms with van der Waals surface area (Å²) >= 11 is 7.83. The summed E-state index contributed by atoms with van der Waals surface area (Å²) in [6.07, 6.45) is 0. The first-order chi connectivity index (χ1) is 9.65. The van der Waals surface area contributed by atoms with Crippen LogP contribution in [0.25, 0.3) is 0 Å². The van der Waals surface area contributed by atoms with Gasteiger partial charge in [0.1, 0.15) is 0 Å². The molecule has 1 heterocycles. The number of aromatic nitrogens is 1. The van der Waals surface area contributed by atoms with Crippen LogP contribution in [0.2, 0.25) is 5.02 Å². The minimum Gasteiger partial charge on any atom is -0.493 e. The molecule has 6 heteroatoms. The van der Waals surface area contributed by atoms with Crippen molar-refractivity contribution in [2.75, 3.05) is 14.2 Å². The minimum atomic E-state index is 0.553. The van der Waals surface area contributed by atoms with Crippen LogP contribution in [-0.2, 0) is 13.1 Å². The van der Waals surface area contributed by atoms with Gasteiger partial charge in [0.25, 0.3) is 0 Å². The minimum absolute atomic E-state index is 0.553. The number of hydrogen-bond donors (Lipinski definition) is 1. The van der Waals surface area contributed by atoms with Gasteiger partial charge in [-0.1, -0.05) is 11.6 Å². The largest absolute Gasteiger partial charge is 0.493 e. The van der Waals surface area contributed by atoms with Crippen LogP contribution in [0.3, 0.4) is 0 Å². The van der Waals surface area contributed by atoms with Crippen molar-refractivity contribution in [1.29, 1.82) is 0 Å². The number of rotatable bonds is 6. The van der Waals surface area contributed by atoms with Crippen molar-refractivity contribution in [2.45, 2.75) is 20.0 Å². The highest BCUT2D eigenvalue weighted by Gasteiger charge is 2.10. The van der Waals surface area contributed by atoms with Crippen LogP contribution in [0.4, 0.5) is 0 Å². The molecule has 1 aromatic carbocycles. The van der Waals surface area contributed by atoms with Gasteiger partial charge >= 0.3 is 0 Å². The maximum Gasteiger partial charge on any atom is 0.179 e. The zero-order chi connectivity index (χ0) is 14.5. The molecule has 1 aromatic heterocycles. The first kappa shape index (κ1) is 15.1. The van der Waals surface area contributed by atoms with Crippen molar-refractivity contribution in [1.82, 2.24) is 10.3 Å². The Kier molecular flexibility index (Phi) is 5.23. The fraction of sp³-hybridized carbons (Fsp3) is 0.357. The maximum atomic E-state index is 6.18. The van der Waals surface area contributed by atoms with Gasteiger partial charge < -0.3 is 14.8 Å². The molecule has 20 heavy (non-hydrogen) atoms. The number of benzene rings is 1. The number of methoxy groups -OCH3 is 2. The highest BCUT2D eigenvalue weighted by atomic mass is 35.5. The summed E-state index contributed by atoms with van der Waals surface area (Å²) in [4.78, 5) is 5.47. The molecule has 0 amide bonds. The molecule has 4 nitrogen and oxygen atoms in total. The van der Waals surface area contributed by atoms with Gasteiger partial charge in [-0.05, 0) is 24.6 Å². The van der Waals surface area contributed by atoms with Gasteiger partial charge in [-0.15, -0.1) is 11.3 Å². The summed E-state index contributed by atoms with van der Waals surface area (Å²) in [5, 5.41) is 3.93. The highest BCUT2D eigenvalue weighted by molar-refractivity contribution is 7.09. The fourth-order valence-corrected chi connectivity index (χ4v) is 2.95. The van der Waals surface area contributed by atoms with Crippen molar-refractivity contribution >= 4 is 22.9 Å². The van der Waals surface area contributed by atoms with E-state index in [9.17, 15) is 0 Å². The number of thiazole rings is 1. The van der Waals surface area contributed by atoms with Gasteiger partial charge in [-0.2, -0.15) is 0 Å². The second-order valence-corrected chi connectivity index (χ2v) is 5.62. The third-order valence-corrected chi connectivity index (χ3v) is 4.17. The summed E-state index contributed by atoms with van der Waals surface area (Å²) < 4.78 is 10.5. The molecule has 0 bridgehead atoms. The fourth-order valence-electron chi connectivity index (χ4n) is 1.89. The van der Waals surface area contributed by atoms with Crippen molar-refractivity contribution < 1.29 is 9.47 Å². The number of aryl methyl sites for hydroxylation is 1. The molecular formula is C14H17ClN2O2S. The predicted molar refractivity (Wildman–Crippen MR) is 82.0 cm³/mol. The predicted octanol–water partition coefficient (Wildman–Crippen LogP) is 3.41. The lowest BCUT2D eigenvalue weighted by Gasteiger charge is -2.12. The Bertz CT molecular complexity index is 587. The van der Waals surface area contributed by atoms with Gasteiger partial charge in [-0.3, -0.25) is 0 Å². The summed E-state index contributed by atoms with van der Waals surface area (Å²) in [6.45, 7) is 3.51. The van der Waals surface area contributed by atoms with Crippen LogP contribution in [0, 0.1) is 6.92 Å². The Morgan fingerprint density at radius 3 is 2.65 bits per heavy atom. The Morgan fingerprint density at radius 2 is 2.05 bits per heavy atom. The van der Waals surface area contributed by atoms with E-state index in [4.69, 9.17) is 21.1 Å². The van der Waals surface area contributed by atoms with E-state index in [1.54, 1.807) is 25.6 Å². The molecule has 2 aromatic rings. The summed E-state index contributed by atoms with van der Waals surface area (Å²) in [5.74, 6) is 1.21. The van der Waals surface area contributed by atoms with Crippen LogP contribution in [0.15, 0.2) is 17.6 Å². The van der Waals surface area contributed by atoms with Gasteiger partial charge in [0, 0.05) is 18.0 Å². The van der Waals surface area contributed by atoms with Gasteiger partial charge in [0.15, 0.2) is 11.5 Å². The van der Waals surface area contributed by atoms with E-state index in [0.717, 1.165) is 17.8 Å². The number of halogens is 1. The first-order valence-corrected chi connectivity index (χ1v) is 7.41. The lowest BCUT2D eigenvalue weighted by atomic mass is 10.2. The van der Waals surface area contributed by atoms with E-state index in [-0.39, 0.29) is 0 Å². The molecular weight excluding hydrogens is 296 g/mol. The lowest BCUT2D eigenvalue weighted by Crippen LogP contribution is -2.12. The summed E-state index contributed by atoms with van der Waals surface area (Å²) in [7, 11) is 3.18. The number of hydrogen-bond acceptors (Lipinski definition) is 5. The second-order valence-electron chi connectivity index (χ2n) is 4.28. The molecule has 0 fully saturated rings. The van der Waals surface area contributed by atoms with Crippen molar-refractivity contribution in [3.05, 3.63) is 38.8 Å². The molecule has 0 atom stereocenters. The second kappa shape index (κ2) is 6.92. The monoisotopic (exact) mass is 312 g/mol. The zero-order valence-electron chi connectivity index (χ0n) is 11.7. The average molecular weight is 313 g/mol. The molecule has 0 unspecified atom stereocenters. The Labute approximate surface area is 127 Å². The Morgan fingerprint density at radius 1 is 1.25 bits per heavy atom. The third-order valence-electron chi connectivity index (χ3n) is 2.95. The molecule has 0 saturated heterocycles. The quantitative estimate of drug-likeness (QED) is 0.887. The maximum absolute atomic E-state index is 6.18. The van der Waals surface area contributed by atoms with E-state index in [1.165, 1.54) is 4.88 Å². The van der Waals surface area contributed by atoms with Crippen molar-refractivity contribution in [2.24, 2.45) is 0 Å². The molecule has 2 rings (SSSR count). The van der Waals surface area contributed by atoms with Crippen molar-refractivity contribution in [3.63, 3.8) is 0 Å². The first-order valence-electron chi connectivity index (χ1n) is 6.15. The van der Waals surface area contributed by atoms with E-state index in [2.05, 4.69) is 10.3 Å². The number of ether oxygens (including phenoxy) is 2. The zero-order valence-corrected chi connectivity index (χ0v) is 13.3. The van der Waals surface area contributed by atoms with Crippen LogP contribution in [0.5, 0.6) is 11.5 Å². The van der Waals surface area contributed by atoms with Crippen LogP contribution in [0.1, 0.15) is 16.1 Å². The summed E-state index contributed by atoms with van der Waals surface area (Å²) in [5.41, 5.74) is 3.99. The third kappa shape index (κ3) is 3.42. The van der Waals surface area contributed by atoms with E-state index in [1.807, 2.05) is 24.6 Å². The SMILES string of the molecule is COc1cc(CNCc2scnc2C)cc(Cl)c1OC. The Balaban J connectivity index is 2.03. The molecule has 0 saturated carbocycles. The van der Waals surface area contributed by atoms with Crippen molar-refractivity contribution in [3.8, 4) is 11.5 Å². The van der Waals surface area contributed by atoms with E-state index in [0.29, 0.717) is 23.1 Å². The van der Waals surface area contributed by atoms with Gasteiger partial charge in [0.2, 0.25) is 0 Å². The van der Waals surface area contributed by atoms with Crippen LogP contribution in [-0.4, -0.2) is 19.2 Å². The molecule has 0 radical (unpaired) electrons. The highest BCUT2D eigenvalue weighted by Crippen LogP contribution is 2.35. The molecule has 0 aliphatic heterocycles. The van der Waals surface area contributed by atoms with E-state index < -0.39 is 0 Å². The lowest BCUT2D eigenvalue weighted by molar-refractivity contribution is 0.354. The van der Waals surface area contributed by atoms with Crippen LogP contribution >= 0.6 is 22.9 Å². The number of nitrogens with zero attached hydrogens (tertiary/aromatic N) is 1. The smallest absolute Gasteiger partial charge is 0.179 e. The van der Waals surface area contributed by atoms with Gasteiger partial charge in [-0.25, -0.2) is 4.98 Å². The van der Waals surface area contributed by atoms with E-state index >= 15 is 0 Å². The van der Waals surface area contributed by atoms with Crippen LogP contribution < -0.4 is 14.8 Å². The number of nitrogens with one attached hydrogen (secondary N) is 1. The standard InChI is InChI=1S/C14H17ClN2O2S/c1-9-13(20-8-17-9)7-16-6-10-4-11(15)14(19-3)12(5-10)18-2/h4-5,8,16H,6-7H2,1-3H3. The normalized spacial score (nSPS) is 10.6. The average Bonchev–Trinajstić information content (AvgIpc) is 2.84. The molecule has 0 spiro atoms. The molecule has 108 valence electrons. The summed E-state index contributed by atoms with van der Waals surface area (Å²) in [6, 6.07) is 3.81. The molecule has 0 aliphatic rings. The topological polar surface area (TPSA) is 43.4 Å².